The summed E-state index contributed by atoms with van der Waals surface area (Å²) in [7, 11) is 0. The number of hydrogen-bond donors (Lipinski definition) is 1. The van der Waals surface area contributed by atoms with Crippen molar-refractivity contribution in [2.75, 3.05) is 0 Å². The summed E-state index contributed by atoms with van der Waals surface area (Å²) in [5.41, 5.74) is 0.285. The molecule has 0 amide bonds. The van der Waals surface area contributed by atoms with Crippen LogP contribution >= 0.6 is 31.9 Å². The molecule has 0 saturated carbocycles. The van der Waals surface area contributed by atoms with Gasteiger partial charge in [-0.05, 0) is 35.0 Å². The van der Waals surface area contributed by atoms with Gasteiger partial charge in [-0.3, -0.25) is 0 Å². The molecule has 2 rings (SSSR count). The van der Waals surface area contributed by atoms with E-state index in [1.54, 1.807) is 12.1 Å². The Labute approximate surface area is 103 Å². The van der Waals surface area contributed by atoms with Gasteiger partial charge in [0.05, 0.1) is 5.56 Å². The number of halogens is 2. The Morgan fingerprint density at radius 1 is 1.13 bits per heavy atom. The Morgan fingerprint density at radius 3 is 2.53 bits per heavy atom. The minimum atomic E-state index is -0.919. The molecule has 0 fully saturated rings. The van der Waals surface area contributed by atoms with Crippen LogP contribution in [0.5, 0.6) is 0 Å². The van der Waals surface area contributed by atoms with E-state index < -0.39 is 5.97 Å². The number of carbonyl (C=O) groups is 1. The predicted octanol–water partition coefficient (Wildman–Crippen LogP) is 4.06. The molecule has 0 saturated heterocycles. The van der Waals surface area contributed by atoms with Crippen LogP contribution in [-0.4, -0.2) is 11.1 Å². The van der Waals surface area contributed by atoms with E-state index in [2.05, 4.69) is 31.9 Å². The van der Waals surface area contributed by atoms with Crippen molar-refractivity contribution in [1.29, 1.82) is 0 Å². The van der Waals surface area contributed by atoms with E-state index in [1.165, 1.54) is 0 Å². The van der Waals surface area contributed by atoms with E-state index in [4.69, 9.17) is 5.11 Å². The number of hydrogen-bond acceptors (Lipinski definition) is 1. The number of benzene rings is 2. The smallest absolute Gasteiger partial charge is 0.335 e. The third-order valence-corrected chi connectivity index (χ3v) is 3.26. The van der Waals surface area contributed by atoms with Gasteiger partial charge in [-0.2, -0.15) is 0 Å². The third kappa shape index (κ3) is 2.06. The van der Waals surface area contributed by atoms with Crippen LogP contribution in [0.25, 0.3) is 10.8 Å². The van der Waals surface area contributed by atoms with Crippen LogP contribution in [0.1, 0.15) is 10.4 Å². The fourth-order valence-corrected chi connectivity index (χ4v) is 2.40. The molecular weight excluding hydrogens is 324 g/mol. The molecule has 0 bridgehead atoms. The van der Waals surface area contributed by atoms with E-state index in [0.29, 0.717) is 0 Å². The van der Waals surface area contributed by atoms with E-state index in [-0.39, 0.29) is 5.56 Å². The topological polar surface area (TPSA) is 37.3 Å². The highest BCUT2D eigenvalue weighted by Crippen LogP contribution is 2.28. The number of rotatable bonds is 1. The van der Waals surface area contributed by atoms with E-state index in [0.717, 1.165) is 19.7 Å². The second kappa shape index (κ2) is 3.94. The molecule has 2 aromatic carbocycles. The maximum atomic E-state index is 10.8. The number of fused-ring (bicyclic) bond motifs is 1. The standard InChI is InChI=1S/C11H6Br2O2/c12-8-1-2-9-6(4-8)3-7(11(14)15)5-10(9)13/h1-5H,(H,14,15). The fraction of sp³-hybridized carbons (Fsp3) is 0. The zero-order valence-electron chi connectivity index (χ0n) is 7.50. The predicted molar refractivity (Wildman–Crippen MR) is 66.3 cm³/mol. The summed E-state index contributed by atoms with van der Waals surface area (Å²) in [6.07, 6.45) is 0. The number of aromatic carboxylic acids is 1. The normalized spacial score (nSPS) is 10.5. The van der Waals surface area contributed by atoms with Gasteiger partial charge in [-0.25, -0.2) is 4.79 Å². The Hall–Kier alpha value is -0.870. The van der Waals surface area contributed by atoms with Crippen molar-refractivity contribution in [3.8, 4) is 0 Å². The van der Waals surface area contributed by atoms with Gasteiger partial charge in [-0.15, -0.1) is 0 Å². The van der Waals surface area contributed by atoms with E-state index in [9.17, 15) is 4.79 Å². The zero-order chi connectivity index (χ0) is 11.0. The van der Waals surface area contributed by atoms with Gasteiger partial charge in [0.1, 0.15) is 0 Å². The van der Waals surface area contributed by atoms with Crippen molar-refractivity contribution >= 4 is 48.6 Å². The lowest BCUT2D eigenvalue weighted by Crippen LogP contribution is -1.95. The van der Waals surface area contributed by atoms with Crippen LogP contribution in [-0.2, 0) is 0 Å². The molecule has 76 valence electrons. The highest BCUT2D eigenvalue weighted by Gasteiger charge is 2.07. The van der Waals surface area contributed by atoms with Gasteiger partial charge in [-0.1, -0.05) is 37.9 Å². The van der Waals surface area contributed by atoms with Crippen molar-refractivity contribution in [3.05, 3.63) is 44.8 Å². The molecule has 0 unspecified atom stereocenters. The lowest BCUT2D eigenvalue weighted by atomic mass is 10.1. The van der Waals surface area contributed by atoms with E-state index >= 15 is 0 Å². The SMILES string of the molecule is O=C(O)c1cc(Br)c2ccc(Br)cc2c1. The first-order valence-corrected chi connectivity index (χ1v) is 5.78. The molecule has 0 atom stereocenters. The van der Waals surface area contributed by atoms with Crippen molar-refractivity contribution in [2.24, 2.45) is 0 Å². The molecule has 2 nitrogen and oxygen atoms in total. The Balaban J connectivity index is 2.79. The fourth-order valence-electron chi connectivity index (χ4n) is 1.42. The maximum absolute atomic E-state index is 10.8. The molecule has 0 aliphatic heterocycles. The average molecular weight is 330 g/mol. The van der Waals surface area contributed by atoms with Gasteiger partial charge in [0.25, 0.3) is 0 Å². The molecule has 1 N–H and O–H groups in total. The van der Waals surface area contributed by atoms with Crippen molar-refractivity contribution in [3.63, 3.8) is 0 Å². The first-order chi connectivity index (χ1) is 7.08. The molecule has 0 aliphatic rings. The lowest BCUT2D eigenvalue weighted by molar-refractivity contribution is 0.0697. The summed E-state index contributed by atoms with van der Waals surface area (Å²) in [6, 6.07) is 9.03. The number of carboxylic acid groups (broad SMARTS) is 1. The molecule has 0 spiro atoms. The highest BCUT2D eigenvalue weighted by molar-refractivity contribution is 9.11. The van der Waals surface area contributed by atoms with E-state index in [1.807, 2.05) is 18.2 Å². The molecule has 2 aromatic rings. The van der Waals surface area contributed by atoms with Gasteiger partial charge in [0.15, 0.2) is 0 Å². The minimum Gasteiger partial charge on any atom is -0.478 e. The molecule has 0 aromatic heterocycles. The van der Waals surface area contributed by atoms with Crippen LogP contribution in [0, 0.1) is 0 Å². The average Bonchev–Trinajstić information content (AvgIpc) is 2.16. The van der Waals surface area contributed by atoms with Crippen LogP contribution < -0.4 is 0 Å². The van der Waals surface area contributed by atoms with Crippen LogP contribution in [0.3, 0.4) is 0 Å². The molecule has 15 heavy (non-hydrogen) atoms. The number of carboxylic acids is 1. The van der Waals surface area contributed by atoms with Crippen LogP contribution in [0.4, 0.5) is 0 Å². The first kappa shape index (κ1) is 10.6. The van der Waals surface area contributed by atoms with Crippen molar-refractivity contribution in [2.45, 2.75) is 0 Å². The van der Waals surface area contributed by atoms with Gasteiger partial charge >= 0.3 is 5.97 Å². The summed E-state index contributed by atoms with van der Waals surface area (Å²) in [6.45, 7) is 0. The summed E-state index contributed by atoms with van der Waals surface area (Å²) < 4.78 is 1.73. The van der Waals surface area contributed by atoms with Crippen LogP contribution in [0.15, 0.2) is 39.3 Å². The Kier molecular flexibility index (Phi) is 2.80. The van der Waals surface area contributed by atoms with Gasteiger partial charge < -0.3 is 5.11 Å². The molecular formula is C11H6Br2O2. The van der Waals surface area contributed by atoms with Gasteiger partial charge in [0, 0.05) is 8.95 Å². The van der Waals surface area contributed by atoms with Crippen molar-refractivity contribution in [1.82, 2.24) is 0 Å². The monoisotopic (exact) mass is 328 g/mol. The summed E-state index contributed by atoms with van der Waals surface area (Å²) in [5, 5.41) is 10.8. The highest BCUT2D eigenvalue weighted by atomic mass is 79.9. The quantitative estimate of drug-likeness (QED) is 0.856. The minimum absolute atomic E-state index is 0.285. The Morgan fingerprint density at radius 2 is 1.87 bits per heavy atom. The second-order valence-corrected chi connectivity index (χ2v) is 4.90. The molecule has 4 heteroatoms. The maximum Gasteiger partial charge on any atom is 0.335 e. The zero-order valence-corrected chi connectivity index (χ0v) is 10.7. The first-order valence-electron chi connectivity index (χ1n) is 4.20. The molecule has 0 heterocycles. The Bertz CT molecular complexity index is 550. The summed E-state index contributed by atoms with van der Waals surface area (Å²) in [4.78, 5) is 10.8. The third-order valence-electron chi connectivity index (χ3n) is 2.11. The summed E-state index contributed by atoms with van der Waals surface area (Å²) >= 11 is 6.72. The molecule has 0 radical (unpaired) electrons. The van der Waals surface area contributed by atoms with Crippen LogP contribution in [0.2, 0.25) is 0 Å². The second-order valence-electron chi connectivity index (χ2n) is 3.13. The lowest BCUT2D eigenvalue weighted by Gasteiger charge is -2.03. The summed E-state index contributed by atoms with van der Waals surface area (Å²) in [5.74, 6) is -0.919. The van der Waals surface area contributed by atoms with Crippen molar-refractivity contribution < 1.29 is 9.90 Å². The van der Waals surface area contributed by atoms with Gasteiger partial charge in [0.2, 0.25) is 0 Å². The molecule has 0 aliphatic carbocycles. The largest absolute Gasteiger partial charge is 0.478 e.